The summed E-state index contributed by atoms with van der Waals surface area (Å²) in [5.41, 5.74) is 2.43. The minimum atomic E-state index is -0.209. The number of anilines is 1. The summed E-state index contributed by atoms with van der Waals surface area (Å²) in [7, 11) is 0. The summed E-state index contributed by atoms with van der Waals surface area (Å²) in [6, 6.07) is 15.2. The normalized spacial score (nSPS) is 11.0. The van der Waals surface area contributed by atoms with Crippen molar-refractivity contribution in [3.63, 3.8) is 0 Å². The van der Waals surface area contributed by atoms with Crippen LogP contribution >= 0.6 is 11.8 Å². The Morgan fingerprint density at radius 3 is 2.81 bits per heavy atom. The lowest BCUT2D eigenvalue weighted by atomic mass is 10.1. The first-order valence-electron chi connectivity index (χ1n) is 7.83. The molecule has 4 rings (SSSR count). The lowest BCUT2D eigenvalue weighted by Gasteiger charge is -2.03. The van der Waals surface area contributed by atoms with Crippen molar-refractivity contribution < 1.29 is 9.32 Å². The number of nitrogens with zero attached hydrogens (tertiary/aromatic N) is 5. The highest BCUT2D eigenvalue weighted by atomic mass is 32.2. The SMILES string of the molecule is Cc1cc(NC(=O)CSc2nnc3ccc(-c4ccccc4)nn23)no1. The van der Waals surface area contributed by atoms with Gasteiger partial charge >= 0.3 is 0 Å². The average molecular weight is 366 g/mol. The Balaban J connectivity index is 1.50. The fraction of sp³-hybridized carbons (Fsp3) is 0.118. The van der Waals surface area contributed by atoms with Crippen molar-refractivity contribution in [2.24, 2.45) is 0 Å². The number of amides is 1. The number of benzene rings is 1. The maximum atomic E-state index is 12.0. The number of carbonyl (C=O) groups excluding carboxylic acids is 1. The molecule has 0 saturated heterocycles. The van der Waals surface area contributed by atoms with Gasteiger partial charge in [0.2, 0.25) is 11.1 Å². The van der Waals surface area contributed by atoms with Gasteiger partial charge in [-0.2, -0.15) is 9.61 Å². The number of hydrogen-bond acceptors (Lipinski definition) is 7. The Morgan fingerprint density at radius 2 is 2.04 bits per heavy atom. The molecule has 26 heavy (non-hydrogen) atoms. The van der Waals surface area contributed by atoms with Crippen LogP contribution in [0.3, 0.4) is 0 Å². The van der Waals surface area contributed by atoms with Gasteiger partial charge < -0.3 is 9.84 Å². The number of carbonyl (C=O) groups is 1. The van der Waals surface area contributed by atoms with Crippen LogP contribution in [-0.2, 0) is 4.79 Å². The van der Waals surface area contributed by atoms with Crippen LogP contribution in [0.2, 0.25) is 0 Å². The topological polar surface area (TPSA) is 98.2 Å². The van der Waals surface area contributed by atoms with E-state index in [-0.39, 0.29) is 11.7 Å². The summed E-state index contributed by atoms with van der Waals surface area (Å²) >= 11 is 1.25. The van der Waals surface area contributed by atoms with Crippen LogP contribution in [0.4, 0.5) is 5.82 Å². The third-order valence-electron chi connectivity index (χ3n) is 3.53. The standard InChI is InChI=1S/C17H14N6O2S/c1-11-9-14(22-25-11)18-16(24)10-26-17-20-19-15-8-7-13(21-23(15)17)12-5-3-2-4-6-12/h2-9H,10H2,1H3,(H,18,22,24). The van der Waals surface area contributed by atoms with Crippen molar-refractivity contribution in [1.82, 2.24) is 25.0 Å². The highest BCUT2D eigenvalue weighted by Gasteiger charge is 2.12. The molecule has 0 unspecified atom stereocenters. The van der Waals surface area contributed by atoms with Crippen molar-refractivity contribution >= 4 is 29.1 Å². The molecule has 4 aromatic rings. The summed E-state index contributed by atoms with van der Waals surface area (Å²) in [5, 5.41) is 19.7. The Morgan fingerprint density at radius 1 is 1.19 bits per heavy atom. The van der Waals surface area contributed by atoms with Crippen LogP contribution in [0.15, 0.2) is 58.2 Å². The van der Waals surface area contributed by atoms with Crippen molar-refractivity contribution in [2.45, 2.75) is 12.1 Å². The van der Waals surface area contributed by atoms with E-state index in [0.29, 0.717) is 22.4 Å². The molecule has 0 spiro atoms. The van der Waals surface area contributed by atoms with Gasteiger partial charge in [-0.05, 0) is 19.1 Å². The second-order valence-electron chi connectivity index (χ2n) is 5.50. The van der Waals surface area contributed by atoms with E-state index < -0.39 is 0 Å². The molecule has 8 nitrogen and oxygen atoms in total. The average Bonchev–Trinajstić information content (AvgIpc) is 3.26. The number of nitrogens with one attached hydrogen (secondary N) is 1. The number of rotatable bonds is 5. The molecule has 0 fully saturated rings. The molecule has 130 valence electrons. The molecule has 9 heteroatoms. The molecule has 1 aromatic carbocycles. The fourth-order valence-corrected chi connectivity index (χ4v) is 3.04. The van der Waals surface area contributed by atoms with Gasteiger partial charge in [0.15, 0.2) is 11.5 Å². The molecule has 0 aliphatic rings. The van der Waals surface area contributed by atoms with Gasteiger partial charge in [-0.25, -0.2) is 0 Å². The predicted molar refractivity (Wildman–Crippen MR) is 96.8 cm³/mol. The van der Waals surface area contributed by atoms with E-state index in [1.54, 1.807) is 17.5 Å². The van der Waals surface area contributed by atoms with Gasteiger partial charge in [0.05, 0.1) is 11.4 Å². The third kappa shape index (κ3) is 3.42. The molecule has 1 amide bonds. The molecule has 0 aliphatic carbocycles. The zero-order valence-corrected chi connectivity index (χ0v) is 14.6. The zero-order chi connectivity index (χ0) is 17.9. The maximum Gasteiger partial charge on any atom is 0.236 e. The third-order valence-corrected chi connectivity index (χ3v) is 4.45. The minimum Gasteiger partial charge on any atom is -0.360 e. The highest BCUT2D eigenvalue weighted by Crippen LogP contribution is 2.20. The monoisotopic (exact) mass is 366 g/mol. The van der Waals surface area contributed by atoms with Crippen molar-refractivity contribution in [2.75, 3.05) is 11.1 Å². The summed E-state index contributed by atoms with van der Waals surface area (Å²) < 4.78 is 6.56. The first-order chi connectivity index (χ1) is 12.7. The summed E-state index contributed by atoms with van der Waals surface area (Å²) in [5.74, 6) is 0.973. The summed E-state index contributed by atoms with van der Waals surface area (Å²) in [6.07, 6.45) is 0. The molecule has 3 heterocycles. The van der Waals surface area contributed by atoms with Gasteiger partial charge in [0.1, 0.15) is 5.76 Å². The number of aryl methyl sites for hydroxylation is 1. The second kappa shape index (κ2) is 6.96. The van der Waals surface area contributed by atoms with Crippen molar-refractivity contribution in [3.05, 3.63) is 54.3 Å². The van der Waals surface area contributed by atoms with Crippen LogP contribution < -0.4 is 5.32 Å². The van der Waals surface area contributed by atoms with Gasteiger partial charge in [-0.1, -0.05) is 47.3 Å². The van der Waals surface area contributed by atoms with E-state index in [1.165, 1.54) is 11.8 Å². The zero-order valence-electron chi connectivity index (χ0n) is 13.8. The van der Waals surface area contributed by atoms with Gasteiger partial charge in [0, 0.05) is 11.6 Å². The van der Waals surface area contributed by atoms with E-state index in [1.807, 2.05) is 42.5 Å². The first kappa shape index (κ1) is 16.3. The van der Waals surface area contributed by atoms with Crippen LogP contribution in [0.1, 0.15) is 5.76 Å². The Kier molecular flexibility index (Phi) is 4.36. The molecule has 0 aliphatic heterocycles. The van der Waals surface area contributed by atoms with Gasteiger partial charge in [-0.15, -0.1) is 10.2 Å². The summed E-state index contributed by atoms with van der Waals surface area (Å²) in [4.78, 5) is 12.0. The molecule has 3 aromatic heterocycles. The molecule has 0 bridgehead atoms. The van der Waals surface area contributed by atoms with E-state index >= 15 is 0 Å². The lowest BCUT2D eigenvalue weighted by Crippen LogP contribution is -2.14. The van der Waals surface area contributed by atoms with Gasteiger partial charge in [-0.3, -0.25) is 4.79 Å². The quantitative estimate of drug-likeness (QED) is 0.542. The molecular formula is C17H14N6O2S. The van der Waals surface area contributed by atoms with Crippen molar-refractivity contribution in [1.29, 1.82) is 0 Å². The van der Waals surface area contributed by atoms with Crippen LogP contribution in [0, 0.1) is 6.92 Å². The van der Waals surface area contributed by atoms with Gasteiger partial charge in [0.25, 0.3) is 0 Å². The Hall–Kier alpha value is -3.20. The molecule has 0 atom stereocenters. The minimum absolute atomic E-state index is 0.157. The first-order valence-corrected chi connectivity index (χ1v) is 8.81. The Labute approximate surface area is 152 Å². The predicted octanol–water partition coefficient (Wildman–Crippen LogP) is 2.82. The highest BCUT2D eigenvalue weighted by molar-refractivity contribution is 7.99. The molecular weight excluding hydrogens is 352 g/mol. The molecule has 0 radical (unpaired) electrons. The fourth-order valence-electron chi connectivity index (χ4n) is 2.36. The number of fused-ring (bicyclic) bond motifs is 1. The molecule has 1 N–H and O–H groups in total. The maximum absolute atomic E-state index is 12.0. The van der Waals surface area contributed by atoms with E-state index in [2.05, 4.69) is 25.8 Å². The van der Waals surface area contributed by atoms with Crippen LogP contribution in [0.5, 0.6) is 0 Å². The molecule has 0 saturated carbocycles. The number of hydrogen-bond donors (Lipinski definition) is 1. The van der Waals surface area contributed by atoms with E-state index in [0.717, 1.165) is 11.3 Å². The van der Waals surface area contributed by atoms with Crippen LogP contribution in [-0.4, -0.2) is 36.6 Å². The second-order valence-corrected chi connectivity index (χ2v) is 6.44. The van der Waals surface area contributed by atoms with Crippen molar-refractivity contribution in [3.8, 4) is 11.3 Å². The largest absolute Gasteiger partial charge is 0.360 e. The number of thioether (sulfide) groups is 1. The van der Waals surface area contributed by atoms with E-state index in [9.17, 15) is 4.79 Å². The van der Waals surface area contributed by atoms with E-state index in [4.69, 9.17) is 4.52 Å². The van der Waals surface area contributed by atoms with Crippen LogP contribution in [0.25, 0.3) is 16.9 Å². The smallest absolute Gasteiger partial charge is 0.236 e. The Bertz CT molecular complexity index is 1060. The lowest BCUT2D eigenvalue weighted by molar-refractivity contribution is -0.113. The number of aromatic nitrogens is 5. The summed E-state index contributed by atoms with van der Waals surface area (Å²) in [6.45, 7) is 1.76.